The van der Waals surface area contributed by atoms with Crippen LogP contribution in [-0.2, 0) is 19.2 Å². The van der Waals surface area contributed by atoms with Gasteiger partial charge in [-0.25, -0.2) is 4.79 Å². The average molecular weight is 418 g/mol. The summed E-state index contributed by atoms with van der Waals surface area (Å²) in [4.78, 5) is 48.2. The van der Waals surface area contributed by atoms with Gasteiger partial charge in [0, 0.05) is 0 Å². The Balaban J connectivity index is 5.15. The third-order valence-corrected chi connectivity index (χ3v) is 4.64. The topological polar surface area (TPSA) is 197 Å². The number of nitrogens with two attached hydrogens (primary N) is 2. The standard InChI is InChI=1S/C18H35N5O6/c1-4-10(2)14(18(28)29)23-17(27)13(7-5-6-8-19)22-15(25)11(3)21-16(26)12(20)9-24/h10-14,24H,4-9,19-20H2,1-3H3,(H,21,26)(H,22,25)(H,23,27)(H,28,29). The van der Waals surface area contributed by atoms with Gasteiger partial charge in [-0.15, -0.1) is 0 Å². The molecule has 29 heavy (non-hydrogen) atoms. The van der Waals surface area contributed by atoms with Crippen LogP contribution in [0.15, 0.2) is 0 Å². The highest BCUT2D eigenvalue weighted by molar-refractivity contribution is 5.93. The van der Waals surface area contributed by atoms with Crippen molar-refractivity contribution in [2.24, 2.45) is 17.4 Å². The lowest BCUT2D eigenvalue weighted by atomic mass is 9.98. The highest BCUT2D eigenvalue weighted by atomic mass is 16.4. The molecule has 0 aliphatic rings. The van der Waals surface area contributed by atoms with Gasteiger partial charge in [-0.05, 0) is 38.6 Å². The number of carbonyl (C=O) groups is 4. The molecule has 0 saturated heterocycles. The molecule has 0 heterocycles. The molecule has 0 fully saturated rings. The smallest absolute Gasteiger partial charge is 0.326 e. The van der Waals surface area contributed by atoms with E-state index in [1.165, 1.54) is 6.92 Å². The van der Waals surface area contributed by atoms with E-state index in [0.29, 0.717) is 25.8 Å². The van der Waals surface area contributed by atoms with Crippen LogP contribution in [-0.4, -0.2) is 71.2 Å². The van der Waals surface area contributed by atoms with Gasteiger partial charge in [-0.2, -0.15) is 0 Å². The number of hydrogen-bond acceptors (Lipinski definition) is 7. The normalized spacial score (nSPS) is 16.1. The first kappa shape index (κ1) is 26.8. The minimum Gasteiger partial charge on any atom is -0.480 e. The summed E-state index contributed by atoms with van der Waals surface area (Å²) in [6.07, 6.45) is 1.99. The Labute approximate surface area is 171 Å². The lowest BCUT2D eigenvalue weighted by Gasteiger charge is -2.25. The number of aliphatic carboxylic acids is 1. The van der Waals surface area contributed by atoms with E-state index in [1.54, 1.807) is 6.92 Å². The van der Waals surface area contributed by atoms with E-state index in [2.05, 4.69) is 16.0 Å². The van der Waals surface area contributed by atoms with Gasteiger partial charge in [0.15, 0.2) is 0 Å². The summed E-state index contributed by atoms with van der Waals surface area (Å²) in [6.45, 7) is 4.78. The molecule has 0 rings (SSSR count). The second kappa shape index (κ2) is 13.9. The first-order valence-corrected chi connectivity index (χ1v) is 9.79. The van der Waals surface area contributed by atoms with E-state index in [9.17, 15) is 24.3 Å². The minimum atomic E-state index is -1.17. The van der Waals surface area contributed by atoms with E-state index in [4.69, 9.17) is 16.6 Å². The Hall–Kier alpha value is -2.24. The molecule has 0 spiro atoms. The van der Waals surface area contributed by atoms with Gasteiger partial charge >= 0.3 is 5.97 Å². The average Bonchev–Trinajstić information content (AvgIpc) is 2.69. The van der Waals surface area contributed by atoms with Gasteiger partial charge in [-0.1, -0.05) is 20.3 Å². The maximum absolute atomic E-state index is 12.6. The van der Waals surface area contributed by atoms with Crippen molar-refractivity contribution in [3.05, 3.63) is 0 Å². The monoisotopic (exact) mass is 417 g/mol. The van der Waals surface area contributed by atoms with Gasteiger partial charge in [-0.3, -0.25) is 14.4 Å². The molecule has 0 bridgehead atoms. The molecule has 168 valence electrons. The molecular weight excluding hydrogens is 382 g/mol. The molecule has 5 atom stereocenters. The van der Waals surface area contributed by atoms with Crippen molar-refractivity contribution in [3.8, 4) is 0 Å². The van der Waals surface area contributed by atoms with Crippen molar-refractivity contribution in [3.63, 3.8) is 0 Å². The van der Waals surface area contributed by atoms with Gasteiger partial charge in [0.05, 0.1) is 6.61 Å². The zero-order valence-electron chi connectivity index (χ0n) is 17.3. The zero-order chi connectivity index (χ0) is 22.6. The largest absolute Gasteiger partial charge is 0.480 e. The number of amides is 3. The van der Waals surface area contributed by atoms with Crippen LogP contribution in [0, 0.1) is 5.92 Å². The number of aliphatic hydroxyl groups excluding tert-OH is 1. The van der Waals surface area contributed by atoms with E-state index in [1.807, 2.05) is 6.92 Å². The molecule has 0 radical (unpaired) electrons. The van der Waals surface area contributed by atoms with Crippen LogP contribution in [0.5, 0.6) is 0 Å². The molecule has 0 saturated carbocycles. The number of rotatable bonds is 14. The van der Waals surface area contributed by atoms with Crippen molar-refractivity contribution < 1.29 is 29.4 Å². The van der Waals surface area contributed by atoms with Crippen molar-refractivity contribution in [2.75, 3.05) is 13.2 Å². The first-order chi connectivity index (χ1) is 13.6. The number of aliphatic hydroxyl groups is 1. The molecule has 11 heteroatoms. The number of carbonyl (C=O) groups excluding carboxylic acids is 3. The van der Waals surface area contributed by atoms with Crippen LogP contribution in [0.25, 0.3) is 0 Å². The lowest BCUT2D eigenvalue weighted by molar-refractivity contribution is -0.144. The quantitative estimate of drug-likeness (QED) is 0.158. The highest BCUT2D eigenvalue weighted by Gasteiger charge is 2.30. The summed E-state index contributed by atoms with van der Waals surface area (Å²) in [5.41, 5.74) is 10.9. The molecule has 0 aromatic rings. The van der Waals surface area contributed by atoms with Crippen LogP contribution < -0.4 is 27.4 Å². The van der Waals surface area contributed by atoms with Gasteiger partial charge in [0.25, 0.3) is 0 Å². The van der Waals surface area contributed by atoms with Crippen molar-refractivity contribution in [1.82, 2.24) is 16.0 Å². The highest BCUT2D eigenvalue weighted by Crippen LogP contribution is 2.09. The number of hydrogen-bond donors (Lipinski definition) is 7. The van der Waals surface area contributed by atoms with Gasteiger partial charge < -0.3 is 37.6 Å². The third-order valence-electron chi connectivity index (χ3n) is 4.64. The Morgan fingerprint density at radius 2 is 1.59 bits per heavy atom. The van der Waals surface area contributed by atoms with E-state index >= 15 is 0 Å². The number of carboxylic acid groups (broad SMARTS) is 1. The molecule has 5 unspecified atom stereocenters. The number of nitrogens with one attached hydrogen (secondary N) is 3. The maximum atomic E-state index is 12.6. The van der Waals surface area contributed by atoms with E-state index < -0.39 is 54.5 Å². The molecule has 0 aliphatic carbocycles. The van der Waals surface area contributed by atoms with E-state index in [0.717, 1.165) is 0 Å². The van der Waals surface area contributed by atoms with Crippen LogP contribution in [0.4, 0.5) is 0 Å². The number of carboxylic acids is 1. The van der Waals surface area contributed by atoms with Crippen molar-refractivity contribution in [1.29, 1.82) is 0 Å². The summed E-state index contributed by atoms with van der Waals surface area (Å²) in [5, 5.41) is 25.6. The van der Waals surface area contributed by atoms with Gasteiger partial charge in [0.1, 0.15) is 24.2 Å². The summed E-state index contributed by atoms with van der Waals surface area (Å²) >= 11 is 0. The van der Waals surface area contributed by atoms with Crippen LogP contribution >= 0.6 is 0 Å². The van der Waals surface area contributed by atoms with Crippen LogP contribution in [0.1, 0.15) is 46.5 Å². The second-order valence-corrected chi connectivity index (χ2v) is 7.08. The fourth-order valence-corrected chi connectivity index (χ4v) is 2.46. The predicted molar refractivity (Wildman–Crippen MR) is 107 cm³/mol. The molecule has 0 aromatic carbocycles. The Morgan fingerprint density at radius 1 is 0.966 bits per heavy atom. The van der Waals surface area contributed by atoms with Gasteiger partial charge in [0.2, 0.25) is 17.7 Å². The molecular formula is C18H35N5O6. The predicted octanol–water partition coefficient (Wildman–Crippen LogP) is -1.96. The van der Waals surface area contributed by atoms with E-state index in [-0.39, 0.29) is 12.3 Å². The molecule has 0 aromatic heterocycles. The fraction of sp³-hybridized carbons (Fsp3) is 0.778. The molecule has 11 nitrogen and oxygen atoms in total. The molecule has 0 aliphatic heterocycles. The minimum absolute atomic E-state index is 0.262. The molecule has 9 N–H and O–H groups in total. The lowest BCUT2D eigenvalue weighted by Crippen LogP contribution is -2.57. The maximum Gasteiger partial charge on any atom is 0.326 e. The molecule has 3 amide bonds. The van der Waals surface area contributed by atoms with Crippen molar-refractivity contribution >= 4 is 23.7 Å². The third kappa shape index (κ3) is 9.68. The second-order valence-electron chi connectivity index (χ2n) is 7.08. The summed E-state index contributed by atoms with van der Waals surface area (Å²) in [7, 11) is 0. The van der Waals surface area contributed by atoms with Crippen molar-refractivity contribution in [2.45, 2.75) is 70.6 Å². The Kier molecular flexibility index (Phi) is 12.8. The van der Waals surface area contributed by atoms with Crippen LogP contribution in [0.3, 0.4) is 0 Å². The first-order valence-electron chi connectivity index (χ1n) is 9.79. The summed E-state index contributed by atoms with van der Waals surface area (Å²) < 4.78 is 0. The zero-order valence-corrected chi connectivity index (χ0v) is 17.3. The summed E-state index contributed by atoms with van der Waals surface area (Å²) in [5.74, 6) is -3.41. The SMILES string of the molecule is CCC(C)C(NC(=O)C(CCCCN)NC(=O)C(C)NC(=O)C(N)CO)C(=O)O. The fourth-order valence-electron chi connectivity index (χ4n) is 2.46. The number of unbranched alkanes of at least 4 members (excludes halogenated alkanes) is 1. The van der Waals surface area contributed by atoms with Crippen LogP contribution in [0.2, 0.25) is 0 Å². The Bertz CT molecular complexity index is 559. The Morgan fingerprint density at radius 3 is 2.07 bits per heavy atom. The summed E-state index contributed by atoms with van der Waals surface area (Å²) in [6, 6.07) is -4.23.